The highest BCUT2D eigenvalue weighted by Gasteiger charge is 2.37. The van der Waals surface area contributed by atoms with Crippen molar-refractivity contribution in [1.29, 1.82) is 0 Å². The van der Waals surface area contributed by atoms with E-state index in [2.05, 4.69) is 59.9 Å². The molecule has 0 spiro atoms. The largest absolute Gasteiger partial charge is 0.303 e. The molecule has 1 aliphatic rings. The fraction of sp³-hybridized carbons (Fsp3) is 0.478. The maximum atomic E-state index is 11.6. The second-order valence-corrected chi connectivity index (χ2v) is 10.2. The van der Waals surface area contributed by atoms with Gasteiger partial charge in [-0.3, -0.25) is 4.72 Å². The smallest absolute Gasteiger partial charge is 0.229 e. The van der Waals surface area contributed by atoms with Crippen molar-refractivity contribution in [3.05, 3.63) is 65.7 Å². The first-order valence-corrected chi connectivity index (χ1v) is 12.0. The highest BCUT2D eigenvalue weighted by Crippen LogP contribution is 2.40. The van der Waals surface area contributed by atoms with Crippen molar-refractivity contribution in [2.75, 3.05) is 30.6 Å². The Morgan fingerprint density at radius 1 is 1.14 bits per heavy atom. The standard InChI is InChI=1S/C23H32N2O2S/c1-19-18-25(15-8-11-20-9-5-4-6-10-20)16-14-23(19,2)21-12-7-13-22(17-21)24-28(3,26)27/h4-7,9-10,12-13,17,19,24H,8,11,14-16,18H2,1-3H3/t19-,23-/m0/s1. The van der Waals surface area contributed by atoms with Gasteiger partial charge in [0.1, 0.15) is 0 Å². The molecule has 0 saturated carbocycles. The predicted molar refractivity (Wildman–Crippen MR) is 117 cm³/mol. The van der Waals surface area contributed by atoms with E-state index >= 15 is 0 Å². The third-order valence-corrected chi connectivity index (χ3v) is 6.78. The van der Waals surface area contributed by atoms with Crippen molar-refractivity contribution in [3.8, 4) is 0 Å². The average molecular weight is 401 g/mol. The summed E-state index contributed by atoms with van der Waals surface area (Å²) in [6, 6.07) is 18.6. The van der Waals surface area contributed by atoms with Gasteiger partial charge in [0.25, 0.3) is 0 Å². The van der Waals surface area contributed by atoms with Crippen LogP contribution in [0.2, 0.25) is 0 Å². The van der Waals surface area contributed by atoms with Gasteiger partial charge in [-0.15, -0.1) is 0 Å². The van der Waals surface area contributed by atoms with Crippen LogP contribution in [0.15, 0.2) is 54.6 Å². The Labute approximate surface area is 170 Å². The van der Waals surface area contributed by atoms with Crippen molar-refractivity contribution in [1.82, 2.24) is 4.90 Å². The molecule has 28 heavy (non-hydrogen) atoms. The van der Waals surface area contributed by atoms with Gasteiger partial charge in [0.15, 0.2) is 0 Å². The predicted octanol–water partition coefficient (Wildman–Crippen LogP) is 4.29. The van der Waals surface area contributed by atoms with Gasteiger partial charge < -0.3 is 4.90 Å². The summed E-state index contributed by atoms with van der Waals surface area (Å²) in [4.78, 5) is 2.58. The molecule has 4 nitrogen and oxygen atoms in total. The molecule has 152 valence electrons. The van der Waals surface area contributed by atoms with Gasteiger partial charge in [0.05, 0.1) is 6.26 Å². The van der Waals surface area contributed by atoms with E-state index in [0.717, 1.165) is 32.5 Å². The summed E-state index contributed by atoms with van der Waals surface area (Å²) in [5, 5.41) is 0. The van der Waals surface area contributed by atoms with Crippen LogP contribution < -0.4 is 4.72 Å². The van der Waals surface area contributed by atoms with E-state index in [1.165, 1.54) is 23.8 Å². The molecule has 3 rings (SSSR count). The van der Waals surface area contributed by atoms with Crippen LogP contribution in [0, 0.1) is 5.92 Å². The lowest BCUT2D eigenvalue weighted by atomic mass is 9.68. The van der Waals surface area contributed by atoms with E-state index in [0.29, 0.717) is 11.6 Å². The number of hydrogen-bond donors (Lipinski definition) is 1. The SMILES string of the molecule is C[C@H]1CN(CCCc2ccccc2)CC[C@]1(C)c1cccc(NS(C)(=O)=O)c1. The average Bonchev–Trinajstić information content (AvgIpc) is 2.64. The van der Waals surface area contributed by atoms with Gasteiger partial charge >= 0.3 is 0 Å². The lowest BCUT2D eigenvalue weighted by Gasteiger charge is -2.45. The molecular weight excluding hydrogens is 368 g/mol. The van der Waals surface area contributed by atoms with Gasteiger partial charge in [-0.25, -0.2) is 8.42 Å². The van der Waals surface area contributed by atoms with Crippen LogP contribution in [-0.4, -0.2) is 39.2 Å². The number of nitrogens with one attached hydrogen (secondary N) is 1. The first-order valence-electron chi connectivity index (χ1n) is 10.1. The quantitative estimate of drug-likeness (QED) is 0.754. The number of anilines is 1. The topological polar surface area (TPSA) is 49.4 Å². The van der Waals surface area contributed by atoms with Gasteiger partial charge in [-0.1, -0.05) is 56.3 Å². The van der Waals surface area contributed by atoms with Gasteiger partial charge in [0.2, 0.25) is 10.0 Å². The fourth-order valence-electron chi connectivity index (χ4n) is 4.25. The van der Waals surface area contributed by atoms with Crippen LogP contribution in [0.1, 0.15) is 37.8 Å². The van der Waals surface area contributed by atoms with Crippen molar-refractivity contribution in [2.24, 2.45) is 5.92 Å². The molecule has 1 fully saturated rings. The molecule has 1 heterocycles. The lowest BCUT2D eigenvalue weighted by molar-refractivity contribution is 0.110. The molecular formula is C23H32N2O2S. The van der Waals surface area contributed by atoms with Crippen molar-refractivity contribution in [3.63, 3.8) is 0 Å². The van der Waals surface area contributed by atoms with E-state index in [1.807, 2.05) is 18.2 Å². The first-order chi connectivity index (χ1) is 13.3. The maximum absolute atomic E-state index is 11.6. The summed E-state index contributed by atoms with van der Waals surface area (Å²) in [7, 11) is -3.26. The molecule has 1 saturated heterocycles. The zero-order valence-corrected chi connectivity index (χ0v) is 18.0. The maximum Gasteiger partial charge on any atom is 0.229 e. The molecule has 2 aromatic rings. The van der Waals surface area contributed by atoms with E-state index in [-0.39, 0.29) is 5.41 Å². The van der Waals surface area contributed by atoms with Gasteiger partial charge in [-0.2, -0.15) is 0 Å². The molecule has 1 aliphatic heterocycles. The Kier molecular flexibility index (Phi) is 6.46. The van der Waals surface area contributed by atoms with Crippen LogP contribution in [0.5, 0.6) is 0 Å². The van der Waals surface area contributed by atoms with E-state index in [4.69, 9.17) is 0 Å². The molecule has 0 aliphatic carbocycles. The minimum Gasteiger partial charge on any atom is -0.303 e. The van der Waals surface area contributed by atoms with Gasteiger partial charge in [-0.05, 0) is 66.9 Å². The number of rotatable bonds is 7. The third kappa shape index (κ3) is 5.36. The number of piperidine rings is 1. The summed E-state index contributed by atoms with van der Waals surface area (Å²) < 4.78 is 25.7. The van der Waals surface area contributed by atoms with Crippen LogP contribution >= 0.6 is 0 Å². The number of nitrogens with zero attached hydrogens (tertiary/aromatic N) is 1. The van der Waals surface area contributed by atoms with Crippen molar-refractivity contribution >= 4 is 15.7 Å². The fourth-order valence-corrected chi connectivity index (χ4v) is 4.81. The van der Waals surface area contributed by atoms with Crippen LogP contribution in [0.3, 0.4) is 0 Å². The third-order valence-electron chi connectivity index (χ3n) is 6.17. The Hall–Kier alpha value is -1.85. The second kappa shape index (κ2) is 8.66. The molecule has 0 amide bonds. The minimum atomic E-state index is -3.26. The molecule has 1 N–H and O–H groups in total. The number of aryl methyl sites for hydroxylation is 1. The first kappa shape index (κ1) is 20.9. The van der Waals surface area contributed by atoms with E-state index < -0.39 is 10.0 Å². The summed E-state index contributed by atoms with van der Waals surface area (Å²) in [6.45, 7) is 7.93. The van der Waals surface area contributed by atoms with Gasteiger partial charge in [0, 0.05) is 12.2 Å². The minimum absolute atomic E-state index is 0.0606. The number of hydrogen-bond acceptors (Lipinski definition) is 3. The molecule has 2 aromatic carbocycles. The van der Waals surface area contributed by atoms with Crippen LogP contribution in [0.25, 0.3) is 0 Å². The monoisotopic (exact) mass is 400 g/mol. The molecule has 5 heteroatoms. The number of benzene rings is 2. The molecule has 0 aromatic heterocycles. The molecule has 0 unspecified atom stereocenters. The zero-order valence-electron chi connectivity index (χ0n) is 17.2. The van der Waals surface area contributed by atoms with Crippen molar-refractivity contribution in [2.45, 2.75) is 38.5 Å². The lowest BCUT2D eigenvalue weighted by Crippen LogP contribution is -2.47. The summed E-state index contributed by atoms with van der Waals surface area (Å²) in [5.41, 5.74) is 3.34. The summed E-state index contributed by atoms with van der Waals surface area (Å²) >= 11 is 0. The Bertz CT molecular complexity index is 882. The van der Waals surface area contributed by atoms with E-state index in [1.54, 1.807) is 0 Å². The second-order valence-electron chi connectivity index (χ2n) is 8.41. The highest BCUT2D eigenvalue weighted by molar-refractivity contribution is 7.92. The zero-order chi connectivity index (χ0) is 20.2. The van der Waals surface area contributed by atoms with E-state index in [9.17, 15) is 8.42 Å². The molecule has 0 radical (unpaired) electrons. The highest BCUT2D eigenvalue weighted by atomic mass is 32.2. The number of sulfonamides is 1. The Morgan fingerprint density at radius 3 is 2.57 bits per heavy atom. The summed E-state index contributed by atoms with van der Waals surface area (Å²) in [6.07, 6.45) is 4.59. The molecule has 2 atom stereocenters. The molecule has 0 bridgehead atoms. The van der Waals surface area contributed by atoms with Crippen LogP contribution in [0.4, 0.5) is 5.69 Å². The number of likely N-dealkylation sites (tertiary alicyclic amines) is 1. The normalized spacial score (nSPS) is 23.5. The Balaban J connectivity index is 1.60. The Morgan fingerprint density at radius 2 is 1.89 bits per heavy atom. The van der Waals surface area contributed by atoms with Crippen LogP contribution in [-0.2, 0) is 21.9 Å². The van der Waals surface area contributed by atoms with Crippen molar-refractivity contribution < 1.29 is 8.42 Å². The summed E-state index contributed by atoms with van der Waals surface area (Å²) in [5.74, 6) is 0.506.